The van der Waals surface area contributed by atoms with E-state index in [-0.39, 0.29) is 5.92 Å². The lowest BCUT2D eigenvalue weighted by atomic mass is 9.84. The summed E-state index contributed by atoms with van der Waals surface area (Å²) < 4.78 is 9.39. The van der Waals surface area contributed by atoms with E-state index in [0.717, 1.165) is 89.7 Å². The zero-order valence-electron chi connectivity index (χ0n) is 36.4. The molecule has 0 aliphatic heterocycles. The van der Waals surface area contributed by atoms with Crippen LogP contribution in [0.3, 0.4) is 0 Å². The second-order valence-corrected chi connectivity index (χ2v) is 17.8. The van der Waals surface area contributed by atoms with Gasteiger partial charge in [-0.25, -0.2) is 15.0 Å². The van der Waals surface area contributed by atoms with Gasteiger partial charge in [0.05, 0.1) is 11.0 Å². The van der Waals surface area contributed by atoms with Crippen LogP contribution in [-0.2, 0) is 6.42 Å². The summed E-state index contributed by atoms with van der Waals surface area (Å²) in [6, 6.07) is 76.0. The molecule has 0 amide bonds. The van der Waals surface area contributed by atoms with Crippen molar-refractivity contribution in [3.63, 3.8) is 0 Å². The van der Waals surface area contributed by atoms with Crippen LogP contribution in [0.5, 0.6) is 0 Å². The Morgan fingerprint density at radius 1 is 0.418 bits per heavy atom. The van der Waals surface area contributed by atoms with Gasteiger partial charge in [0.1, 0.15) is 11.2 Å². The molecule has 1 unspecified atom stereocenters. The number of aryl methyl sites for hydroxylation is 1. The third-order valence-corrected chi connectivity index (χ3v) is 14.1. The third-order valence-electron chi connectivity index (χ3n) is 14.1. The van der Waals surface area contributed by atoms with E-state index in [4.69, 9.17) is 19.4 Å². The second-order valence-electron chi connectivity index (χ2n) is 17.8. The van der Waals surface area contributed by atoms with Crippen molar-refractivity contribution in [2.75, 3.05) is 0 Å². The predicted octanol–water partition coefficient (Wildman–Crippen LogP) is 15.9. The van der Waals surface area contributed by atoms with Gasteiger partial charge in [-0.15, -0.1) is 0 Å². The highest BCUT2D eigenvalue weighted by molar-refractivity contribution is 6.16. The molecule has 14 rings (SSSR count). The molecule has 5 nitrogen and oxygen atoms in total. The number of furan rings is 1. The summed E-state index contributed by atoms with van der Waals surface area (Å²) in [5, 5.41) is 9.11. The average Bonchev–Trinajstić information content (AvgIpc) is 3.90. The zero-order chi connectivity index (χ0) is 44.0. The molecule has 67 heavy (non-hydrogen) atoms. The molecule has 3 heterocycles. The summed E-state index contributed by atoms with van der Waals surface area (Å²) >= 11 is 0. The fraction of sp³-hybridized carbons (Fsp3) is 0.0484. The monoisotopic (exact) mass is 856 g/mol. The Morgan fingerprint density at radius 3 is 1.91 bits per heavy atom. The van der Waals surface area contributed by atoms with Gasteiger partial charge in [0.25, 0.3) is 0 Å². The molecule has 3 aromatic heterocycles. The number of nitrogens with zero attached hydrogens (tertiary/aromatic N) is 4. The second kappa shape index (κ2) is 14.9. The van der Waals surface area contributed by atoms with Gasteiger partial charge in [-0.2, -0.15) is 0 Å². The van der Waals surface area contributed by atoms with Crippen LogP contribution in [0, 0.1) is 0 Å². The number of para-hydroxylation sites is 3. The maximum absolute atomic E-state index is 7.05. The molecule has 1 aliphatic rings. The minimum Gasteiger partial charge on any atom is -0.456 e. The normalized spacial score (nSPS) is 13.7. The van der Waals surface area contributed by atoms with E-state index in [1.165, 1.54) is 38.6 Å². The zero-order valence-corrected chi connectivity index (χ0v) is 36.4. The molecule has 0 saturated heterocycles. The van der Waals surface area contributed by atoms with Crippen LogP contribution in [0.15, 0.2) is 217 Å². The van der Waals surface area contributed by atoms with E-state index in [1.54, 1.807) is 0 Å². The summed E-state index contributed by atoms with van der Waals surface area (Å²) in [5.74, 6) is 1.91. The van der Waals surface area contributed by atoms with E-state index in [0.29, 0.717) is 17.5 Å². The molecule has 314 valence electrons. The highest BCUT2D eigenvalue weighted by atomic mass is 16.3. The summed E-state index contributed by atoms with van der Waals surface area (Å²) in [6.45, 7) is 0. The topological polar surface area (TPSA) is 56.7 Å². The average molecular weight is 857 g/mol. The predicted molar refractivity (Wildman–Crippen MR) is 275 cm³/mol. The van der Waals surface area contributed by atoms with Crippen LogP contribution < -0.4 is 0 Å². The lowest BCUT2D eigenvalue weighted by Gasteiger charge is -2.19. The lowest BCUT2D eigenvalue weighted by Crippen LogP contribution is -2.04. The molecule has 0 saturated carbocycles. The van der Waals surface area contributed by atoms with Crippen LogP contribution in [0.1, 0.15) is 29.0 Å². The van der Waals surface area contributed by atoms with Crippen molar-refractivity contribution < 1.29 is 4.42 Å². The minimum absolute atomic E-state index is 0.0884. The van der Waals surface area contributed by atoms with Crippen LogP contribution in [0.4, 0.5) is 0 Å². The fourth-order valence-corrected chi connectivity index (χ4v) is 11.0. The van der Waals surface area contributed by atoms with Crippen molar-refractivity contribution >= 4 is 65.3 Å². The van der Waals surface area contributed by atoms with Crippen molar-refractivity contribution in [3.8, 4) is 51.0 Å². The number of aromatic nitrogens is 4. The molecule has 0 bridgehead atoms. The Balaban J connectivity index is 1.01. The first-order valence-electron chi connectivity index (χ1n) is 23.1. The number of benzene rings is 10. The third kappa shape index (κ3) is 5.98. The molecule has 0 radical (unpaired) electrons. The Bertz CT molecular complexity index is 4130. The van der Waals surface area contributed by atoms with Gasteiger partial charge in [0.2, 0.25) is 0 Å². The quantitative estimate of drug-likeness (QED) is 0.173. The number of fused-ring (bicyclic) bond motifs is 11. The highest BCUT2D eigenvalue weighted by Crippen LogP contribution is 2.48. The van der Waals surface area contributed by atoms with Crippen molar-refractivity contribution in [1.82, 2.24) is 19.5 Å². The summed E-state index contributed by atoms with van der Waals surface area (Å²) in [7, 11) is 0. The van der Waals surface area contributed by atoms with Crippen molar-refractivity contribution in [2.45, 2.75) is 18.8 Å². The molecule has 13 aromatic rings. The lowest BCUT2D eigenvalue weighted by molar-refractivity contribution is 0.647. The molecule has 0 N–H and O–H groups in total. The molecule has 5 heteroatoms. The molecule has 1 atom stereocenters. The van der Waals surface area contributed by atoms with Crippen LogP contribution in [-0.4, -0.2) is 19.5 Å². The van der Waals surface area contributed by atoms with E-state index < -0.39 is 0 Å². The van der Waals surface area contributed by atoms with E-state index in [1.807, 2.05) is 0 Å². The SMILES string of the molecule is c1ccc(-n2c3ccccc3c3c(-c4nc(-c5ccc6ccccc6c5)nc(-c5ccc(C6CCc7cc8ccccc8cc7-c7ccccc76)c6oc7ccccc7c56)n4)cccc32)cc1. The van der Waals surface area contributed by atoms with Gasteiger partial charge in [0.15, 0.2) is 17.5 Å². The molecule has 1 aliphatic carbocycles. The van der Waals surface area contributed by atoms with Gasteiger partial charge < -0.3 is 8.98 Å². The molecule has 10 aromatic carbocycles. The Hall–Kier alpha value is -8.67. The maximum Gasteiger partial charge on any atom is 0.164 e. The number of hydrogen-bond acceptors (Lipinski definition) is 4. The molecule has 0 fully saturated rings. The van der Waals surface area contributed by atoms with Crippen LogP contribution in [0.2, 0.25) is 0 Å². The van der Waals surface area contributed by atoms with E-state index in [2.05, 4.69) is 217 Å². The Kier molecular flexibility index (Phi) is 8.40. The maximum atomic E-state index is 7.05. The summed E-state index contributed by atoms with van der Waals surface area (Å²) in [5.41, 5.74) is 14.3. The van der Waals surface area contributed by atoms with Gasteiger partial charge in [-0.3, -0.25) is 0 Å². The summed E-state index contributed by atoms with van der Waals surface area (Å²) in [4.78, 5) is 16.3. The highest BCUT2D eigenvalue weighted by Gasteiger charge is 2.29. The van der Waals surface area contributed by atoms with Crippen molar-refractivity contribution in [1.29, 1.82) is 0 Å². The van der Waals surface area contributed by atoms with Crippen LogP contribution >= 0.6 is 0 Å². The van der Waals surface area contributed by atoms with E-state index >= 15 is 0 Å². The first-order chi connectivity index (χ1) is 33.2. The molecule has 0 spiro atoms. The molecular weight excluding hydrogens is 817 g/mol. The standard InChI is InChI=1S/C62H40N4O/c1-2-19-44(20-3-1)66-54-26-12-10-23-49(54)57-51(25-14-27-55(57)66)61-63-60(43-30-29-38-15-4-5-16-39(38)36-43)64-62(65-61)52-34-33-48(59-58(52)50-24-11-13-28-56(50)67-59)47-32-31-42-35-40-17-6-7-18-41(40)37-53(42)46-22-9-8-21-45(46)47/h1-30,33-37,47H,31-32H2. The summed E-state index contributed by atoms with van der Waals surface area (Å²) in [6.07, 6.45) is 1.89. The first kappa shape index (κ1) is 37.7. The Labute approximate surface area is 386 Å². The van der Waals surface area contributed by atoms with Gasteiger partial charge >= 0.3 is 0 Å². The largest absolute Gasteiger partial charge is 0.456 e. The number of rotatable bonds is 5. The van der Waals surface area contributed by atoms with E-state index in [9.17, 15) is 0 Å². The smallest absolute Gasteiger partial charge is 0.164 e. The fourth-order valence-electron chi connectivity index (χ4n) is 11.0. The van der Waals surface area contributed by atoms with Gasteiger partial charge in [-0.05, 0) is 105 Å². The molecular formula is C62H40N4O. The first-order valence-corrected chi connectivity index (χ1v) is 23.1. The van der Waals surface area contributed by atoms with Crippen molar-refractivity contribution in [2.24, 2.45) is 0 Å². The van der Waals surface area contributed by atoms with Crippen LogP contribution in [0.25, 0.3) is 116 Å². The van der Waals surface area contributed by atoms with Gasteiger partial charge in [0, 0.05) is 55.4 Å². The van der Waals surface area contributed by atoms with Crippen molar-refractivity contribution in [3.05, 3.63) is 229 Å². The minimum atomic E-state index is 0.0884. The number of hydrogen-bond donors (Lipinski definition) is 0. The Morgan fingerprint density at radius 2 is 1.06 bits per heavy atom. The van der Waals surface area contributed by atoms with Gasteiger partial charge in [-0.1, -0.05) is 164 Å².